The number of nitrogens with zero attached hydrogens (tertiary/aromatic N) is 4. The van der Waals surface area contributed by atoms with Crippen LogP contribution in [0.5, 0.6) is 0 Å². The zero-order valence-corrected chi connectivity index (χ0v) is 16.6. The molecule has 9 heteroatoms. The lowest BCUT2D eigenvalue weighted by Gasteiger charge is -2.07. The van der Waals surface area contributed by atoms with Gasteiger partial charge in [-0.25, -0.2) is 23.7 Å². The van der Waals surface area contributed by atoms with E-state index in [4.69, 9.17) is 10.2 Å². The summed E-state index contributed by atoms with van der Waals surface area (Å²) in [5.41, 5.74) is 6.62. The van der Waals surface area contributed by atoms with E-state index < -0.39 is 17.4 Å². The van der Waals surface area contributed by atoms with Crippen LogP contribution >= 0.6 is 0 Å². The zero-order chi connectivity index (χ0) is 22.2. The molecule has 2 aromatic carbocycles. The Balaban J connectivity index is 1.87. The third kappa shape index (κ3) is 3.25. The van der Waals surface area contributed by atoms with Crippen molar-refractivity contribution in [2.75, 3.05) is 0 Å². The fourth-order valence-corrected chi connectivity index (χ4v) is 3.58. The van der Waals surface area contributed by atoms with Crippen LogP contribution in [0, 0.1) is 5.82 Å². The summed E-state index contributed by atoms with van der Waals surface area (Å²) in [7, 11) is 0. The number of fused-ring (bicyclic) bond motifs is 1. The Hall–Kier alpha value is -4.53. The molecule has 2 N–H and O–H groups in total. The normalized spacial score (nSPS) is 11.2. The number of carbonyl (C=O) groups is 1. The van der Waals surface area contributed by atoms with Crippen molar-refractivity contribution in [2.24, 2.45) is 5.73 Å². The first-order valence-electron chi connectivity index (χ1n) is 9.70. The maximum atomic E-state index is 13.5. The predicted octanol–water partition coefficient (Wildman–Crippen LogP) is 3.13. The van der Waals surface area contributed by atoms with Gasteiger partial charge in [-0.3, -0.25) is 9.36 Å². The van der Waals surface area contributed by atoms with Crippen molar-refractivity contribution in [1.29, 1.82) is 0 Å². The van der Waals surface area contributed by atoms with Gasteiger partial charge in [-0.2, -0.15) is 0 Å². The van der Waals surface area contributed by atoms with Gasteiger partial charge in [0, 0.05) is 0 Å². The number of imidazole rings is 1. The predicted molar refractivity (Wildman–Crippen MR) is 115 cm³/mol. The molecular formula is C23H16FN5O3. The minimum Gasteiger partial charge on any atom is -0.461 e. The van der Waals surface area contributed by atoms with Crippen molar-refractivity contribution in [2.45, 2.75) is 6.54 Å². The van der Waals surface area contributed by atoms with Crippen LogP contribution in [0.1, 0.15) is 16.1 Å². The molecular weight excluding hydrogens is 413 g/mol. The summed E-state index contributed by atoms with van der Waals surface area (Å²) in [6, 6.07) is 18.0. The number of amides is 1. The highest BCUT2D eigenvalue weighted by atomic mass is 19.1. The molecule has 0 radical (unpaired) electrons. The molecule has 32 heavy (non-hydrogen) atoms. The van der Waals surface area contributed by atoms with E-state index in [0.717, 1.165) is 5.56 Å². The summed E-state index contributed by atoms with van der Waals surface area (Å²) >= 11 is 0. The highest BCUT2D eigenvalue weighted by Crippen LogP contribution is 2.24. The minimum absolute atomic E-state index is 0.101. The first-order valence-corrected chi connectivity index (χ1v) is 9.70. The van der Waals surface area contributed by atoms with Crippen LogP contribution in [0.3, 0.4) is 0 Å². The van der Waals surface area contributed by atoms with E-state index in [1.807, 2.05) is 30.3 Å². The van der Waals surface area contributed by atoms with Gasteiger partial charge in [-0.05, 0) is 42.0 Å². The number of furan rings is 1. The van der Waals surface area contributed by atoms with E-state index in [1.54, 1.807) is 12.1 Å². The average molecular weight is 429 g/mol. The molecule has 0 fully saturated rings. The number of primary amides is 1. The Morgan fingerprint density at radius 1 is 1.00 bits per heavy atom. The standard InChI is InChI=1S/C23H16FN5O3/c24-15-8-10-16(11-9-15)29-22-19(28(23(29)31)13-14-5-2-1-3-6-14)18(20(25)30)26-21(27-22)17-7-4-12-32-17/h1-12H,13H2,(H2,25,30). The van der Waals surface area contributed by atoms with Gasteiger partial charge < -0.3 is 10.2 Å². The second-order valence-corrected chi connectivity index (χ2v) is 7.08. The second kappa shape index (κ2) is 7.62. The van der Waals surface area contributed by atoms with Gasteiger partial charge in [0.15, 0.2) is 22.9 Å². The fourth-order valence-electron chi connectivity index (χ4n) is 3.58. The molecule has 0 aliphatic rings. The van der Waals surface area contributed by atoms with E-state index >= 15 is 0 Å². The van der Waals surface area contributed by atoms with Gasteiger partial charge in [0.2, 0.25) is 0 Å². The van der Waals surface area contributed by atoms with Gasteiger partial charge in [0.1, 0.15) is 11.3 Å². The minimum atomic E-state index is -0.816. The van der Waals surface area contributed by atoms with Crippen molar-refractivity contribution in [3.8, 4) is 17.3 Å². The van der Waals surface area contributed by atoms with Crippen molar-refractivity contribution in [3.63, 3.8) is 0 Å². The van der Waals surface area contributed by atoms with Gasteiger partial charge in [0.25, 0.3) is 5.91 Å². The monoisotopic (exact) mass is 429 g/mol. The van der Waals surface area contributed by atoms with Crippen LogP contribution in [0.15, 0.2) is 82.2 Å². The van der Waals surface area contributed by atoms with Gasteiger partial charge >= 0.3 is 5.69 Å². The molecule has 0 atom stereocenters. The van der Waals surface area contributed by atoms with Crippen molar-refractivity contribution < 1.29 is 13.6 Å². The summed E-state index contributed by atoms with van der Waals surface area (Å²) in [6.45, 7) is 0.161. The lowest BCUT2D eigenvalue weighted by Crippen LogP contribution is -2.24. The molecule has 0 unspecified atom stereocenters. The molecule has 0 spiro atoms. The molecule has 8 nitrogen and oxygen atoms in total. The SMILES string of the molecule is NC(=O)c1nc(-c2ccco2)nc2c1n(Cc1ccccc1)c(=O)n2-c1ccc(F)cc1. The number of halogens is 1. The molecule has 1 amide bonds. The number of hydrogen-bond donors (Lipinski definition) is 1. The van der Waals surface area contributed by atoms with Crippen LogP contribution in [-0.4, -0.2) is 25.0 Å². The third-order valence-corrected chi connectivity index (χ3v) is 5.01. The summed E-state index contributed by atoms with van der Waals surface area (Å²) in [4.78, 5) is 34.7. The number of nitrogens with two attached hydrogens (primary N) is 1. The molecule has 0 saturated heterocycles. The van der Waals surface area contributed by atoms with Crippen molar-refractivity contribution in [1.82, 2.24) is 19.1 Å². The lowest BCUT2D eigenvalue weighted by atomic mass is 10.2. The topological polar surface area (TPSA) is 109 Å². The Labute approximate surface area is 180 Å². The molecule has 3 heterocycles. The quantitative estimate of drug-likeness (QED) is 0.462. The summed E-state index contributed by atoms with van der Waals surface area (Å²) in [5, 5.41) is 0. The average Bonchev–Trinajstić information content (AvgIpc) is 3.42. The molecule has 0 aliphatic heterocycles. The Morgan fingerprint density at radius 2 is 1.75 bits per heavy atom. The third-order valence-electron chi connectivity index (χ3n) is 5.01. The Bertz CT molecular complexity index is 1490. The number of rotatable bonds is 5. The fraction of sp³-hybridized carbons (Fsp3) is 0.0435. The maximum Gasteiger partial charge on any atom is 0.335 e. The summed E-state index contributed by atoms with van der Waals surface area (Å²) in [6.07, 6.45) is 1.44. The van der Waals surface area contributed by atoms with E-state index in [-0.39, 0.29) is 29.2 Å². The van der Waals surface area contributed by atoms with E-state index in [1.165, 1.54) is 39.7 Å². The zero-order valence-electron chi connectivity index (χ0n) is 16.6. The smallest absolute Gasteiger partial charge is 0.335 e. The number of hydrogen-bond acceptors (Lipinski definition) is 5. The number of benzene rings is 2. The second-order valence-electron chi connectivity index (χ2n) is 7.08. The highest BCUT2D eigenvalue weighted by Gasteiger charge is 2.25. The van der Waals surface area contributed by atoms with Crippen LogP contribution in [-0.2, 0) is 6.54 Å². The Morgan fingerprint density at radius 3 is 2.41 bits per heavy atom. The maximum absolute atomic E-state index is 13.5. The van der Waals surface area contributed by atoms with Gasteiger partial charge in [-0.1, -0.05) is 30.3 Å². The van der Waals surface area contributed by atoms with E-state index in [9.17, 15) is 14.0 Å². The van der Waals surface area contributed by atoms with E-state index in [0.29, 0.717) is 11.4 Å². The number of aromatic nitrogens is 4. The van der Waals surface area contributed by atoms with Gasteiger partial charge in [0.05, 0.1) is 18.5 Å². The van der Waals surface area contributed by atoms with Crippen LogP contribution in [0.4, 0.5) is 4.39 Å². The molecule has 0 aliphatic carbocycles. The van der Waals surface area contributed by atoms with E-state index in [2.05, 4.69) is 9.97 Å². The molecule has 5 aromatic rings. The van der Waals surface area contributed by atoms with Crippen molar-refractivity contribution >= 4 is 17.1 Å². The van der Waals surface area contributed by atoms with Gasteiger partial charge in [-0.15, -0.1) is 0 Å². The lowest BCUT2D eigenvalue weighted by molar-refractivity contribution is 0.0997. The Kier molecular flexibility index (Phi) is 4.63. The van der Waals surface area contributed by atoms with Crippen LogP contribution in [0.2, 0.25) is 0 Å². The summed E-state index contributed by atoms with van der Waals surface area (Å²) in [5.74, 6) is -0.853. The molecule has 0 bridgehead atoms. The number of carbonyl (C=O) groups excluding carboxylic acids is 1. The molecule has 0 saturated carbocycles. The largest absolute Gasteiger partial charge is 0.461 e. The first-order chi connectivity index (χ1) is 15.5. The van der Waals surface area contributed by atoms with Crippen LogP contribution < -0.4 is 11.4 Å². The summed E-state index contributed by atoms with van der Waals surface area (Å²) < 4.78 is 21.6. The molecule has 158 valence electrons. The molecule has 3 aromatic heterocycles. The van der Waals surface area contributed by atoms with Crippen LogP contribution in [0.25, 0.3) is 28.4 Å². The first kappa shape index (κ1) is 19.4. The van der Waals surface area contributed by atoms with Crippen molar-refractivity contribution in [3.05, 3.63) is 101 Å². The molecule has 5 rings (SSSR count). The highest BCUT2D eigenvalue weighted by molar-refractivity contribution is 6.02.